The van der Waals surface area contributed by atoms with Gasteiger partial charge >= 0.3 is 5.97 Å². The zero-order chi connectivity index (χ0) is 14.8. The Hall–Kier alpha value is -2.15. The van der Waals surface area contributed by atoms with Gasteiger partial charge in [0.2, 0.25) is 5.91 Å². The lowest BCUT2D eigenvalue weighted by Gasteiger charge is -2.20. The molecule has 0 radical (unpaired) electrons. The maximum absolute atomic E-state index is 12.2. The number of hydrogen-bond acceptors (Lipinski definition) is 4. The van der Waals surface area contributed by atoms with Crippen molar-refractivity contribution in [2.75, 3.05) is 6.54 Å². The number of carbonyl (C=O) groups is 2. The summed E-state index contributed by atoms with van der Waals surface area (Å²) in [6.07, 6.45) is 8.66. The Morgan fingerprint density at radius 3 is 2.71 bits per heavy atom. The van der Waals surface area contributed by atoms with Crippen LogP contribution in [0.15, 0.2) is 30.9 Å². The quantitative estimate of drug-likeness (QED) is 0.570. The van der Waals surface area contributed by atoms with E-state index in [1.54, 1.807) is 24.7 Å². The molecule has 1 aromatic rings. The van der Waals surface area contributed by atoms with E-state index < -0.39 is 30.0 Å². The van der Waals surface area contributed by atoms with Crippen molar-refractivity contribution in [1.29, 1.82) is 0 Å². The third kappa shape index (κ3) is 2.69. The van der Waals surface area contributed by atoms with Crippen molar-refractivity contribution < 1.29 is 19.4 Å². The molecule has 0 unspecified atom stereocenters. The molecule has 0 saturated carbocycles. The van der Waals surface area contributed by atoms with Crippen molar-refractivity contribution >= 4 is 11.9 Å². The first kappa shape index (κ1) is 13.8. The predicted molar refractivity (Wildman–Crippen MR) is 72.3 cm³/mol. The van der Waals surface area contributed by atoms with Crippen LogP contribution in [-0.2, 0) is 20.9 Å². The minimum Gasteiger partial charge on any atom is -0.481 e. The van der Waals surface area contributed by atoms with Gasteiger partial charge in [-0.25, -0.2) is 4.98 Å². The first-order valence-electron chi connectivity index (χ1n) is 6.97. The summed E-state index contributed by atoms with van der Waals surface area (Å²) in [5, 5.41) is 12.1. The third-order valence-electron chi connectivity index (χ3n) is 3.94. The molecule has 4 atom stereocenters. The van der Waals surface area contributed by atoms with E-state index in [-0.39, 0.29) is 5.91 Å². The van der Waals surface area contributed by atoms with Gasteiger partial charge in [0, 0.05) is 25.5 Å². The summed E-state index contributed by atoms with van der Waals surface area (Å²) in [4.78, 5) is 27.4. The van der Waals surface area contributed by atoms with Crippen LogP contribution in [0.4, 0.5) is 0 Å². The monoisotopic (exact) mass is 291 g/mol. The Balaban J connectivity index is 1.51. The summed E-state index contributed by atoms with van der Waals surface area (Å²) in [5.41, 5.74) is 0. The number of hydrogen-bond donors (Lipinski definition) is 2. The second-order valence-corrected chi connectivity index (χ2v) is 5.29. The van der Waals surface area contributed by atoms with Crippen LogP contribution in [0.1, 0.15) is 6.42 Å². The topological polar surface area (TPSA) is 93.4 Å². The lowest BCUT2D eigenvalue weighted by atomic mass is 9.82. The van der Waals surface area contributed by atoms with Gasteiger partial charge in [0.15, 0.2) is 0 Å². The second-order valence-electron chi connectivity index (χ2n) is 5.29. The number of ether oxygens (including phenoxy) is 1. The molecule has 2 aliphatic heterocycles. The number of aromatic nitrogens is 2. The Labute approximate surface area is 121 Å². The molecule has 7 heteroatoms. The number of nitrogens with zero attached hydrogens (tertiary/aromatic N) is 2. The molecule has 2 bridgehead atoms. The highest BCUT2D eigenvalue weighted by atomic mass is 16.5. The van der Waals surface area contributed by atoms with Crippen LogP contribution >= 0.6 is 0 Å². The molecule has 3 heterocycles. The number of amides is 1. The van der Waals surface area contributed by atoms with Crippen molar-refractivity contribution in [2.24, 2.45) is 11.8 Å². The fraction of sp³-hybridized carbons (Fsp3) is 0.500. The van der Waals surface area contributed by atoms with Gasteiger partial charge in [-0.05, 0) is 6.42 Å². The Morgan fingerprint density at radius 2 is 2.05 bits per heavy atom. The maximum atomic E-state index is 12.2. The SMILES string of the molecule is O=C(O)[C@@H]1[C@H](C(=O)NCCCn2ccnc2)[C@@H]2C=C[C@H]1O2. The van der Waals surface area contributed by atoms with Gasteiger partial charge in [-0.1, -0.05) is 12.2 Å². The number of fused-ring (bicyclic) bond motifs is 2. The molecule has 0 spiro atoms. The Kier molecular flexibility index (Phi) is 3.74. The molecule has 3 rings (SSSR count). The normalized spacial score (nSPS) is 29.7. The van der Waals surface area contributed by atoms with Crippen molar-refractivity contribution in [3.8, 4) is 0 Å². The van der Waals surface area contributed by atoms with Crippen LogP contribution in [-0.4, -0.2) is 45.3 Å². The highest BCUT2D eigenvalue weighted by Gasteiger charge is 2.53. The summed E-state index contributed by atoms with van der Waals surface area (Å²) in [6.45, 7) is 1.26. The molecule has 21 heavy (non-hydrogen) atoms. The van der Waals surface area contributed by atoms with E-state index in [0.29, 0.717) is 6.54 Å². The number of nitrogens with one attached hydrogen (secondary N) is 1. The minimum absolute atomic E-state index is 0.245. The van der Waals surface area contributed by atoms with Crippen molar-refractivity contribution in [1.82, 2.24) is 14.9 Å². The number of carboxylic acids is 1. The lowest BCUT2D eigenvalue weighted by molar-refractivity contribution is -0.146. The van der Waals surface area contributed by atoms with E-state index in [4.69, 9.17) is 4.74 Å². The van der Waals surface area contributed by atoms with Crippen LogP contribution in [0.25, 0.3) is 0 Å². The smallest absolute Gasteiger partial charge is 0.310 e. The molecule has 7 nitrogen and oxygen atoms in total. The van der Waals surface area contributed by atoms with Crippen molar-refractivity contribution in [3.05, 3.63) is 30.9 Å². The van der Waals surface area contributed by atoms with Gasteiger partial charge in [-0.3, -0.25) is 9.59 Å². The molecular formula is C14H17N3O4. The number of aryl methyl sites for hydroxylation is 1. The zero-order valence-corrected chi connectivity index (χ0v) is 11.4. The standard InChI is InChI=1S/C14H17N3O4/c18-13(16-4-1-6-17-7-5-15-8-17)11-9-2-3-10(21-9)12(11)14(19)20/h2-3,5,7-12H,1,4,6H2,(H,16,18)(H,19,20)/t9-,10+,11+,12-/m0/s1. The number of carboxylic acid groups (broad SMARTS) is 1. The Bertz CT molecular complexity index is 555. The van der Waals surface area contributed by atoms with Gasteiger partial charge in [0.1, 0.15) is 5.92 Å². The first-order chi connectivity index (χ1) is 10.2. The van der Waals surface area contributed by atoms with E-state index in [1.807, 2.05) is 10.8 Å². The predicted octanol–water partition coefficient (Wildman–Crippen LogP) is 0.0436. The molecule has 1 fully saturated rings. The molecule has 1 aromatic heterocycles. The largest absolute Gasteiger partial charge is 0.481 e. The van der Waals surface area contributed by atoms with E-state index in [0.717, 1.165) is 13.0 Å². The fourth-order valence-corrected chi connectivity index (χ4v) is 2.93. The average molecular weight is 291 g/mol. The van der Waals surface area contributed by atoms with Crippen LogP contribution in [0.5, 0.6) is 0 Å². The van der Waals surface area contributed by atoms with E-state index in [9.17, 15) is 14.7 Å². The van der Waals surface area contributed by atoms with Gasteiger partial charge in [0.25, 0.3) is 0 Å². The van der Waals surface area contributed by atoms with E-state index in [1.165, 1.54) is 0 Å². The highest BCUT2D eigenvalue weighted by molar-refractivity contribution is 5.87. The molecular weight excluding hydrogens is 274 g/mol. The van der Waals surface area contributed by atoms with Crippen LogP contribution in [0, 0.1) is 11.8 Å². The molecule has 112 valence electrons. The zero-order valence-electron chi connectivity index (χ0n) is 11.4. The third-order valence-corrected chi connectivity index (χ3v) is 3.94. The molecule has 0 aromatic carbocycles. The molecule has 2 aliphatic rings. The molecule has 1 saturated heterocycles. The summed E-state index contributed by atoms with van der Waals surface area (Å²) in [7, 11) is 0. The summed E-state index contributed by atoms with van der Waals surface area (Å²) >= 11 is 0. The number of rotatable bonds is 6. The number of carbonyl (C=O) groups excluding carboxylic acids is 1. The van der Waals surface area contributed by atoms with Gasteiger partial charge in [0.05, 0.1) is 24.5 Å². The average Bonchev–Trinajstić information content (AvgIpc) is 3.18. The summed E-state index contributed by atoms with van der Waals surface area (Å²) < 4.78 is 7.41. The van der Waals surface area contributed by atoms with E-state index >= 15 is 0 Å². The van der Waals surface area contributed by atoms with Crippen LogP contribution in [0.3, 0.4) is 0 Å². The fourth-order valence-electron chi connectivity index (χ4n) is 2.93. The number of aliphatic carboxylic acids is 1. The van der Waals surface area contributed by atoms with Crippen LogP contribution in [0.2, 0.25) is 0 Å². The number of imidazole rings is 1. The lowest BCUT2D eigenvalue weighted by Crippen LogP contribution is -2.42. The van der Waals surface area contributed by atoms with E-state index in [2.05, 4.69) is 10.3 Å². The van der Waals surface area contributed by atoms with Gasteiger partial charge in [-0.2, -0.15) is 0 Å². The summed E-state index contributed by atoms with van der Waals surface area (Å²) in [5.74, 6) is -2.64. The van der Waals surface area contributed by atoms with Gasteiger partial charge in [-0.15, -0.1) is 0 Å². The van der Waals surface area contributed by atoms with Gasteiger partial charge < -0.3 is 19.7 Å². The molecule has 2 N–H and O–H groups in total. The minimum atomic E-state index is -0.981. The Morgan fingerprint density at radius 1 is 1.29 bits per heavy atom. The summed E-state index contributed by atoms with van der Waals surface area (Å²) in [6, 6.07) is 0. The molecule has 0 aliphatic carbocycles. The van der Waals surface area contributed by atoms with Crippen molar-refractivity contribution in [2.45, 2.75) is 25.2 Å². The molecule has 1 amide bonds. The van der Waals surface area contributed by atoms with Crippen LogP contribution < -0.4 is 5.32 Å². The van der Waals surface area contributed by atoms with Crippen molar-refractivity contribution in [3.63, 3.8) is 0 Å². The first-order valence-corrected chi connectivity index (χ1v) is 6.97. The highest BCUT2D eigenvalue weighted by Crippen LogP contribution is 2.39. The maximum Gasteiger partial charge on any atom is 0.310 e. The second kappa shape index (κ2) is 5.69.